The summed E-state index contributed by atoms with van der Waals surface area (Å²) < 4.78 is 2.20. The van der Waals surface area contributed by atoms with Crippen molar-refractivity contribution in [2.75, 3.05) is 4.90 Å². The third kappa shape index (κ3) is 6.69. The monoisotopic (exact) mass is 614 g/mol. The Labute approximate surface area is 270 Å². The van der Waals surface area contributed by atoms with E-state index in [0.717, 1.165) is 89.9 Å². The first kappa shape index (κ1) is 31.1. The molecular weight excluding hydrogens is 572 g/mol. The lowest BCUT2D eigenvalue weighted by molar-refractivity contribution is 0.0697. The van der Waals surface area contributed by atoms with Crippen molar-refractivity contribution in [2.45, 2.75) is 77.8 Å². The predicted molar refractivity (Wildman–Crippen MR) is 185 cm³/mol. The Balaban J connectivity index is 1.43. The first-order chi connectivity index (χ1) is 22.4. The highest BCUT2D eigenvalue weighted by atomic mass is 16.4. The number of carboxylic acid groups (broad SMARTS) is 1. The molecule has 0 bridgehead atoms. The van der Waals surface area contributed by atoms with Gasteiger partial charge < -0.3 is 10.4 Å². The molecule has 0 atom stereocenters. The van der Waals surface area contributed by atoms with E-state index in [2.05, 4.69) is 41.1 Å². The summed E-state index contributed by atoms with van der Waals surface area (Å²) in [6.07, 6.45) is 8.43. The molecular formula is C39H42N4O3. The van der Waals surface area contributed by atoms with Crippen LogP contribution in [0.25, 0.3) is 27.8 Å². The van der Waals surface area contributed by atoms with E-state index in [1.807, 2.05) is 66.4 Å². The number of aryl methyl sites for hydroxylation is 2. The van der Waals surface area contributed by atoms with Crippen molar-refractivity contribution in [3.8, 4) is 16.8 Å². The zero-order valence-corrected chi connectivity index (χ0v) is 26.7. The zero-order valence-electron chi connectivity index (χ0n) is 26.7. The Morgan fingerprint density at radius 1 is 0.913 bits per heavy atom. The van der Waals surface area contributed by atoms with E-state index in [1.165, 1.54) is 6.42 Å². The van der Waals surface area contributed by atoms with Crippen molar-refractivity contribution < 1.29 is 14.7 Å². The number of carbonyl (C=O) groups is 2. The summed E-state index contributed by atoms with van der Waals surface area (Å²) >= 11 is 0. The second-order valence-corrected chi connectivity index (χ2v) is 12.3. The Morgan fingerprint density at radius 2 is 1.67 bits per heavy atom. The summed E-state index contributed by atoms with van der Waals surface area (Å²) in [5.41, 5.74) is 7.49. The van der Waals surface area contributed by atoms with E-state index in [9.17, 15) is 14.7 Å². The molecule has 236 valence electrons. The third-order valence-electron chi connectivity index (χ3n) is 9.05. The number of nitrogens with zero attached hydrogens (tertiary/aromatic N) is 3. The fraction of sp³-hybridized carbons (Fsp3) is 0.308. The van der Waals surface area contributed by atoms with Gasteiger partial charge in [-0.05, 0) is 84.8 Å². The molecule has 46 heavy (non-hydrogen) atoms. The number of fused-ring (bicyclic) bond motifs is 1. The van der Waals surface area contributed by atoms with E-state index in [0.29, 0.717) is 12.1 Å². The standard InChI is InChI=1S/C39H42N4O3/c1-3-4-19-37-41-35-23-21-30(42(26-28-13-7-5-8-14-28)39(46)40-29-15-9-6-10-16-29)25-36(35)43(37)31-20-22-32(27(2)24-31)33-17-11-12-18-34(33)38(44)45/h5,7-8,11-14,17-18,20-25,29H,3-4,6,9-10,15-16,19,26H2,1-2H3,(H,40,46)(H,44,45). The average molecular weight is 615 g/mol. The number of aromatic carboxylic acids is 1. The number of carboxylic acids is 1. The van der Waals surface area contributed by atoms with Crippen molar-refractivity contribution in [3.63, 3.8) is 0 Å². The minimum atomic E-state index is -0.943. The summed E-state index contributed by atoms with van der Waals surface area (Å²) in [7, 11) is 0. The molecule has 2 N–H and O–H groups in total. The van der Waals surface area contributed by atoms with Crippen molar-refractivity contribution in [3.05, 3.63) is 114 Å². The van der Waals surface area contributed by atoms with Gasteiger partial charge in [0.2, 0.25) is 0 Å². The van der Waals surface area contributed by atoms with Gasteiger partial charge in [0.15, 0.2) is 0 Å². The minimum absolute atomic E-state index is 0.0790. The normalized spacial score (nSPS) is 13.5. The molecule has 0 saturated heterocycles. The number of rotatable bonds is 10. The van der Waals surface area contributed by atoms with Crippen LogP contribution in [0, 0.1) is 6.92 Å². The van der Waals surface area contributed by atoms with Crippen molar-refractivity contribution >= 4 is 28.7 Å². The molecule has 7 nitrogen and oxygen atoms in total. The first-order valence-electron chi connectivity index (χ1n) is 16.5. The quantitative estimate of drug-likeness (QED) is 0.164. The number of hydrogen-bond donors (Lipinski definition) is 2. The number of aromatic nitrogens is 2. The topological polar surface area (TPSA) is 87.5 Å². The summed E-state index contributed by atoms with van der Waals surface area (Å²) in [5.74, 6) is 0.0231. The molecule has 0 radical (unpaired) electrons. The summed E-state index contributed by atoms with van der Waals surface area (Å²) in [6.45, 7) is 4.65. The van der Waals surface area contributed by atoms with Crippen LogP contribution in [-0.2, 0) is 13.0 Å². The molecule has 1 aliphatic rings. The van der Waals surface area contributed by atoms with Gasteiger partial charge in [0, 0.05) is 23.8 Å². The summed E-state index contributed by atoms with van der Waals surface area (Å²) in [5, 5.41) is 13.1. The van der Waals surface area contributed by atoms with Gasteiger partial charge in [0.05, 0.1) is 23.1 Å². The van der Waals surface area contributed by atoms with Gasteiger partial charge in [-0.15, -0.1) is 0 Å². The molecule has 1 fully saturated rings. The second kappa shape index (κ2) is 14.0. The number of benzene rings is 4. The summed E-state index contributed by atoms with van der Waals surface area (Å²) in [4.78, 5) is 32.8. The maximum absolute atomic E-state index is 13.9. The van der Waals surface area contributed by atoms with Crippen molar-refractivity contribution in [1.82, 2.24) is 14.9 Å². The molecule has 7 heteroatoms. The molecule has 5 aromatic rings. The molecule has 1 heterocycles. The predicted octanol–water partition coefficient (Wildman–Crippen LogP) is 9.09. The molecule has 2 amide bonds. The number of anilines is 1. The Morgan fingerprint density at radius 3 is 2.41 bits per heavy atom. The van der Waals surface area contributed by atoms with Crippen LogP contribution < -0.4 is 10.2 Å². The number of unbranched alkanes of at least 4 members (excludes halogenated alkanes) is 1. The van der Waals surface area contributed by atoms with Gasteiger partial charge in [0.25, 0.3) is 0 Å². The van der Waals surface area contributed by atoms with Gasteiger partial charge in [0.1, 0.15) is 5.82 Å². The van der Waals surface area contributed by atoms with Gasteiger partial charge in [-0.3, -0.25) is 9.47 Å². The van der Waals surface area contributed by atoms with Crippen LogP contribution in [0.15, 0.2) is 91.0 Å². The number of hydrogen-bond acceptors (Lipinski definition) is 3. The molecule has 6 rings (SSSR count). The highest BCUT2D eigenvalue weighted by Gasteiger charge is 2.23. The van der Waals surface area contributed by atoms with Crippen molar-refractivity contribution in [1.29, 1.82) is 0 Å². The molecule has 0 unspecified atom stereocenters. The molecule has 1 saturated carbocycles. The Bertz CT molecular complexity index is 1840. The minimum Gasteiger partial charge on any atom is -0.478 e. The van der Waals surface area contributed by atoms with E-state index >= 15 is 0 Å². The highest BCUT2D eigenvalue weighted by Crippen LogP contribution is 2.32. The maximum Gasteiger partial charge on any atom is 0.336 e. The molecule has 1 aliphatic carbocycles. The second-order valence-electron chi connectivity index (χ2n) is 12.3. The third-order valence-corrected chi connectivity index (χ3v) is 9.05. The lowest BCUT2D eigenvalue weighted by Crippen LogP contribution is -2.45. The molecule has 4 aromatic carbocycles. The number of carbonyl (C=O) groups excluding carboxylic acids is 1. The van der Waals surface area contributed by atoms with Crippen LogP contribution in [0.4, 0.5) is 10.5 Å². The number of urea groups is 1. The highest BCUT2D eigenvalue weighted by molar-refractivity contribution is 5.97. The van der Waals surface area contributed by atoms with Gasteiger partial charge in [-0.2, -0.15) is 0 Å². The lowest BCUT2D eigenvalue weighted by Gasteiger charge is -2.29. The molecule has 1 aromatic heterocycles. The number of amides is 2. The van der Waals surface area contributed by atoms with Crippen LogP contribution >= 0.6 is 0 Å². The van der Waals surface area contributed by atoms with Crippen molar-refractivity contribution in [2.24, 2.45) is 0 Å². The van der Waals surface area contributed by atoms with Gasteiger partial charge in [-0.1, -0.05) is 87.2 Å². The van der Waals surface area contributed by atoms with E-state index in [1.54, 1.807) is 12.1 Å². The fourth-order valence-electron chi connectivity index (χ4n) is 6.61. The molecule has 0 spiro atoms. The van der Waals surface area contributed by atoms with Crippen LogP contribution in [0.2, 0.25) is 0 Å². The van der Waals surface area contributed by atoms with E-state index in [-0.39, 0.29) is 17.6 Å². The average Bonchev–Trinajstić information content (AvgIpc) is 3.44. The van der Waals surface area contributed by atoms with Crippen LogP contribution in [0.3, 0.4) is 0 Å². The zero-order chi connectivity index (χ0) is 32.0. The van der Waals surface area contributed by atoms with E-state index in [4.69, 9.17) is 4.98 Å². The summed E-state index contributed by atoms with van der Waals surface area (Å²) in [6, 6.07) is 29.6. The fourth-order valence-corrected chi connectivity index (χ4v) is 6.61. The maximum atomic E-state index is 13.9. The van der Waals surface area contributed by atoms with Crippen LogP contribution in [0.1, 0.15) is 79.2 Å². The first-order valence-corrected chi connectivity index (χ1v) is 16.5. The Hall–Kier alpha value is -4.91. The van der Waals surface area contributed by atoms with Crippen LogP contribution in [0.5, 0.6) is 0 Å². The lowest BCUT2D eigenvalue weighted by atomic mass is 9.95. The number of nitrogens with one attached hydrogen (secondary N) is 1. The smallest absolute Gasteiger partial charge is 0.336 e. The largest absolute Gasteiger partial charge is 0.478 e. The SMILES string of the molecule is CCCCc1nc2ccc(N(Cc3ccccc3)C(=O)NC3CCCCC3)cc2n1-c1ccc(-c2ccccc2C(=O)O)c(C)c1. The van der Waals surface area contributed by atoms with Crippen LogP contribution in [-0.4, -0.2) is 32.7 Å². The van der Waals surface area contributed by atoms with Gasteiger partial charge in [-0.25, -0.2) is 14.6 Å². The number of imidazole rings is 1. The van der Waals surface area contributed by atoms with E-state index < -0.39 is 5.97 Å². The van der Waals surface area contributed by atoms with Gasteiger partial charge >= 0.3 is 12.0 Å². The molecule has 0 aliphatic heterocycles. The Kier molecular flexibility index (Phi) is 9.48.